The summed E-state index contributed by atoms with van der Waals surface area (Å²) >= 11 is 0. The lowest BCUT2D eigenvalue weighted by molar-refractivity contribution is -0.0138. The minimum atomic E-state index is 0.368. The molecule has 1 aromatic rings. The number of hydrogen-bond donors (Lipinski definition) is 0. The molecule has 0 saturated heterocycles. The average Bonchev–Trinajstić information content (AvgIpc) is 1.88. The van der Waals surface area contributed by atoms with Gasteiger partial charge in [-0.1, -0.05) is 0 Å². The van der Waals surface area contributed by atoms with Crippen molar-refractivity contribution in [1.82, 2.24) is 15.0 Å². The molecule has 0 amide bonds. The van der Waals surface area contributed by atoms with Gasteiger partial charge in [0.15, 0.2) is 0 Å². The summed E-state index contributed by atoms with van der Waals surface area (Å²) in [7, 11) is 3.55. The lowest BCUT2D eigenvalue weighted by Crippen LogP contribution is -2.17. The first-order valence-corrected chi connectivity index (χ1v) is 2.91. The first kappa shape index (κ1) is 6.95. The van der Waals surface area contributed by atoms with Gasteiger partial charge in [-0.2, -0.15) is 0 Å². The van der Waals surface area contributed by atoms with Crippen LogP contribution in [0.5, 0.6) is 6.01 Å². The van der Waals surface area contributed by atoms with Gasteiger partial charge in [-0.25, -0.2) is 9.97 Å². The van der Waals surface area contributed by atoms with Crippen LogP contribution in [0.2, 0.25) is 0 Å². The second-order valence-electron chi connectivity index (χ2n) is 1.94. The summed E-state index contributed by atoms with van der Waals surface area (Å²) in [6.45, 7) is 0. The SMILES string of the molecule is CN(C)Oc1ncccn1. The van der Waals surface area contributed by atoms with E-state index in [2.05, 4.69) is 9.97 Å². The topological polar surface area (TPSA) is 38.2 Å². The Hall–Kier alpha value is -1.16. The zero-order chi connectivity index (χ0) is 7.40. The maximum atomic E-state index is 5.03. The van der Waals surface area contributed by atoms with E-state index in [4.69, 9.17) is 4.84 Å². The first-order valence-electron chi connectivity index (χ1n) is 2.91. The molecule has 0 fully saturated rings. The molecule has 1 aromatic heterocycles. The predicted octanol–water partition coefficient (Wildman–Crippen LogP) is 0.332. The highest BCUT2D eigenvalue weighted by molar-refractivity contribution is 4.92. The van der Waals surface area contributed by atoms with E-state index >= 15 is 0 Å². The molecule has 0 atom stereocenters. The van der Waals surface area contributed by atoms with Gasteiger partial charge in [0.05, 0.1) is 0 Å². The van der Waals surface area contributed by atoms with Gasteiger partial charge in [0.1, 0.15) is 0 Å². The lowest BCUT2D eigenvalue weighted by atomic mass is 10.7. The molecule has 4 nitrogen and oxygen atoms in total. The van der Waals surface area contributed by atoms with Gasteiger partial charge < -0.3 is 4.84 Å². The van der Waals surface area contributed by atoms with Crippen LogP contribution in [0.1, 0.15) is 0 Å². The van der Waals surface area contributed by atoms with Gasteiger partial charge in [-0.05, 0) is 6.07 Å². The Kier molecular flexibility index (Phi) is 2.17. The normalized spacial score (nSPS) is 9.90. The Bertz CT molecular complexity index is 187. The molecule has 0 aliphatic carbocycles. The predicted molar refractivity (Wildman–Crippen MR) is 36.3 cm³/mol. The summed E-state index contributed by atoms with van der Waals surface area (Å²) in [5.74, 6) is 0. The van der Waals surface area contributed by atoms with Crippen LogP contribution < -0.4 is 4.84 Å². The fourth-order valence-corrected chi connectivity index (χ4v) is 0.496. The summed E-state index contributed by atoms with van der Waals surface area (Å²) < 4.78 is 0. The molecular weight excluding hydrogens is 130 g/mol. The number of aromatic nitrogens is 2. The summed E-state index contributed by atoms with van der Waals surface area (Å²) in [6, 6.07) is 2.11. The maximum absolute atomic E-state index is 5.03. The van der Waals surface area contributed by atoms with Crippen molar-refractivity contribution in [3.8, 4) is 6.01 Å². The van der Waals surface area contributed by atoms with Gasteiger partial charge in [-0.15, -0.1) is 5.06 Å². The average molecular weight is 139 g/mol. The third-order valence-corrected chi connectivity index (χ3v) is 0.806. The summed E-state index contributed by atoms with van der Waals surface area (Å²) in [4.78, 5) is 12.7. The molecule has 0 unspecified atom stereocenters. The van der Waals surface area contributed by atoms with Gasteiger partial charge >= 0.3 is 6.01 Å². The fourth-order valence-electron chi connectivity index (χ4n) is 0.496. The highest BCUT2D eigenvalue weighted by atomic mass is 16.7. The van der Waals surface area contributed by atoms with Gasteiger partial charge in [0.25, 0.3) is 0 Å². The Morgan fingerprint density at radius 1 is 1.30 bits per heavy atom. The second-order valence-corrected chi connectivity index (χ2v) is 1.94. The zero-order valence-electron chi connectivity index (χ0n) is 5.98. The minimum absolute atomic E-state index is 0.368. The molecule has 1 heterocycles. The molecule has 0 saturated carbocycles. The molecule has 0 aliphatic rings. The monoisotopic (exact) mass is 139 g/mol. The van der Waals surface area contributed by atoms with E-state index in [1.54, 1.807) is 32.6 Å². The third kappa shape index (κ3) is 1.99. The van der Waals surface area contributed by atoms with Crippen LogP contribution in [-0.4, -0.2) is 29.1 Å². The molecule has 54 valence electrons. The highest BCUT2D eigenvalue weighted by Crippen LogP contribution is 1.96. The van der Waals surface area contributed by atoms with Crippen molar-refractivity contribution in [1.29, 1.82) is 0 Å². The smallest absolute Gasteiger partial charge is 0.335 e. The Morgan fingerprint density at radius 2 is 1.90 bits per heavy atom. The Labute approximate surface area is 59.4 Å². The number of rotatable bonds is 2. The van der Waals surface area contributed by atoms with Crippen molar-refractivity contribution in [2.24, 2.45) is 0 Å². The van der Waals surface area contributed by atoms with Crippen LogP contribution in [0.25, 0.3) is 0 Å². The number of nitrogens with zero attached hydrogens (tertiary/aromatic N) is 3. The molecule has 0 aliphatic heterocycles. The van der Waals surface area contributed by atoms with E-state index in [9.17, 15) is 0 Å². The van der Waals surface area contributed by atoms with Crippen LogP contribution >= 0.6 is 0 Å². The van der Waals surface area contributed by atoms with E-state index in [0.717, 1.165) is 0 Å². The van der Waals surface area contributed by atoms with Gasteiger partial charge in [-0.3, -0.25) is 0 Å². The van der Waals surface area contributed by atoms with Crippen LogP contribution in [0.3, 0.4) is 0 Å². The maximum Gasteiger partial charge on any atom is 0.335 e. The molecule has 0 N–H and O–H groups in total. The zero-order valence-corrected chi connectivity index (χ0v) is 5.98. The van der Waals surface area contributed by atoms with E-state index in [0.29, 0.717) is 6.01 Å². The molecule has 0 bridgehead atoms. The Morgan fingerprint density at radius 3 is 2.40 bits per heavy atom. The molecule has 1 rings (SSSR count). The molecule has 0 aromatic carbocycles. The number of hydrogen-bond acceptors (Lipinski definition) is 4. The van der Waals surface area contributed by atoms with Crippen molar-refractivity contribution in [2.75, 3.05) is 14.1 Å². The number of hydroxylamine groups is 2. The van der Waals surface area contributed by atoms with Crippen molar-refractivity contribution in [3.63, 3.8) is 0 Å². The van der Waals surface area contributed by atoms with Crippen molar-refractivity contribution in [2.45, 2.75) is 0 Å². The fraction of sp³-hybridized carbons (Fsp3) is 0.333. The summed E-state index contributed by atoms with van der Waals surface area (Å²) in [5.41, 5.74) is 0. The molecule has 0 spiro atoms. The van der Waals surface area contributed by atoms with Crippen LogP contribution in [0.4, 0.5) is 0 Å². The largest absolute Gasteiger partial charge is 0.366 e. The summed E-state index contributed by atoms with van der Waals surface area (Å²) in [6.07, 6.45) is 3.26. The third-order valence-electron chi connectivity index (χ3n) is 0.806. The van der Waals surface area contributed by atoms with Crippen molar-refractivity contribution < 1.29 is 4.84 Å². The minimum Gasteiger partial charge on any atom is -0.366 e. The van der Waals surface area contributed by atoms with Crippen LogP contribution in [0.15, 0.2) is 18.5 Å². The summed E-state index contributed by atoms with van der Waals surface area (Å²) in [5, 5.41) is 1.54. The molecular formula is C6H9N3O. The van der Waals surface area contributed by atoms with Crippen LogP contribution in [0, 0.1) is 0 Å². The van der Waals surface area contributed by atoms with Crippen LogP contribution in [-0.2, 0) is 0 Å². The molecule has 10 heavy (non-hydrogen) atoms. The van der Waals surface area contributed by atoms with E-state index in [1.807, 2.05) is 0 Å². The first-order chi connectivity index (χ1) is 4.79. The van der Waals surface area contributed by atoms with Crippen molar-refractivity contribution >= 4 is 0 Å². The highest BCUT2D eigenvalue weighted by Gasteiger charge is 1.94. The van der Waals surface area contributed by atoms with Gasteiger partial charge in [0, 0.05) is 26.5 Å². The van der Waals surface area contributed by atoms with E-state index in [-0.39, 0.29) is 0 Å². The second kappa shape index (κ2) is 3.12. The molecule has 4 heteroatoms. The van der Waals surface area contributed by atoms with Gasteiger partial charge in [0.2, 0.25) is 0 Å². The van der Waals surface area contributed by atoms with Crippen molar-refractivity contribution in [3.05, 3.63) is 18.5 Å². The quantitative estimate of drug-likeness (QED) is 0.553. The standard InChI is InChI=1S/C6H9N3O/c1-9(2)10-6-7-4-3-5-8-6/h3-5H,1-2H3. The molecule has 0 radical (unpaired) electrons. The Balaban J connectivity index is 2.59. The lowest BCUT2D eigenvalue weighted by Gasteiger charge is -2.07. The van der Waals surface area contributed by atoms with E-state index < -0.39 is 0 Å². The van der Waals surface area contributed by atoms with E-state index in [1.165, 1.54) is 5.06 Å².